The van der Waals surface area contributed by atoms with E-state index in [1.54, 1.807) is 0 Å². The summed E-state index contributed by atoms with van der Waals surface area (Å²) in [7, 11) is 0. The Bertz CT molecular complexity index is 1140. The van der Waals surface area contributed by atoms with Gasteiger partial charge in [-0.2, -0.15) is 5.26 Å². The van der Waals surface area contributed by atoms with E-state index in [-0.39, 0.29) is 0 Å². The Morgan fingerprint density at radius 3 is 2.65 bits per heavy atom. The summed E-state index contributed by atoms with van der Waals surface area (Å²) in [4.78, 5) is 4.74. The summed E-state index contributed by atoms with van der Waals surface area (Å²) in [5, 5.41) is 13.2. The monoisotopic (exact) mass is 404 g/mol. The molecule has 2 aromatic carbocycles. The quantitative estimate of drug-likeness (QED) is 0.466. The number of hydrogen-bond donors (Lipinski definition) is 1. The molecule has 0 fully saturated rings. The summed E-state index contributed by atoms with van der Waals surface area (Å²) in [6, 6.07) is 20.5. The van der Waals surface area contributed by atoms with Crippen molar-refractivity contribution in [1.82, 2.24) is 9.38 Å². The standard InChI is InChI=1S/C21H17BrN4/c1-2-5-14-12-20(24-16-10-8-15(22)9-11-16)26-19-7-4-3-6-18(19)25-21(26)17(14)13-23/h3-4,6-12,24H,2,5H2,1H3. The van der Waals surface area contributed by atoms with E-state index in [0.717, 1.165) is 45.4 Å². The zero-order valence-electron chi connectivity index (χ0n) is 14.3. The van der Waals surface area contributed by atoms with Crippen LogP contribution in [-0.2, 0) is 6.42 Å². The van der Waals surface area contributed by atoms with Gasteiger partial charge in [-0.1, -0.05) is 41.4 Å². The number of hydrogen-bond acceptors (Lipinski definition) is 3. The third-order valence-electron chi connectivity index (χ3n) is 4.41. The molecule has 0 atom stereocenters. The smallest absolute Gasteiger partial charge is 0.157 e. The Morgan fingerprint density at radius 1 is 1.15 bits per heavy atom. The lowest BCUT2D eigenvalue weighted by Gasteiger charge is -2.14. The van der Waals surface area contributed by atoms with Crippen molar-refractivity contribution in [3.8, 4) is 6.07 Å². The lowest BCUT2D eigenvalue weighted by atomic mass is 10.1. The molecule has 0 saturated heterocycles. The first-order valence-electron chi connectivity index (χ1n) is 8.57. The van der Waals surface area contributed by atoms with Gasteiger partial charge in [0.1, 0.15) is 11.9 Å². The van der Waals surface area contributed by atoms with Gasteiger partial charge in [-0.3, -0.25) is 4.40 Å². The molecule has 1 N–H and O–H groups in total. The Hall–Kier alpha value is -2.84. The highest BCUT2D eigenvalue weighted by atomic mass is 79.9. The van der Waals surface area contributed by atoms with Gasteiger partial charge in [0.15, 0.2) is 5.65 Å². The SMILES string of the molecule is CCCc1cc(Nc2ccc(Br)cc2)n2c(nc3ccccc32)c1C#N. The minimum absolute atomic E-state index is 0.657. The number of rotatable bonds is 4. The molecule has 4 aromatic rings. The van der Waals surface area contributed by atoms with E-state index < -0.39 is 0 Å². The summed E-state index contributed by atoms with van der Waals surface area (Å²) in [6.07, 6.45) is 1.82. The van der Waals surface area contributed by atoms with Gasteiger partial charge in [-0.05, 0) is 54.4 Å². The van der Waals surface area contributed by atoms with Crippen molar-refractivity contribution in [3.63, 3.8) is 0 Å². The molecule has 4 nitrogen and oxygen atoms in total. The van der Waals surface area contributed by atoms with Gasteiger partial charge in [0, 0.05) is 10.2 Å². The van der Waals surface area contributed by atoms with Crippen molar-refractivity contribution >= 4 is 44.1 Å². The molecule has 0 aliphatic heterocycles. The van der Waals surface area contributed by atoms with Crippen molar-refractivity contribution in [2.75, 3.05) is 5.32 Å². The first-order valence-corrected chi connectivity index (χ1v) is 9.36. The number of aromatic nitrogens is 2. The molecule has 2 heterocycles. The maximum Gasteiger partial charge on any atom is 0.157 e. The molecule has 0 aliphatic carbocycles. The summed E-state index contributed by atoms with van der Waals surface area (Å²) in [5.74, 6) is 0.915. The fourth-order valence-electron chi connectivity index (χ4n) is 3.24. The average Bonchev–Trinajstić information content (AvgIpc) is 3.03. The van der Waals surface area contributed by atoms with E-state index in [4.69, 9.17) is 4.98 Å². The van der Waals surface area contributed by atoms with E-state index >= 15 is 0 Å². The van der Waals surface area contributed by atoms with E-state index in [1.165, 1.54) is 0 Å². The topological polar surface area (TPSA) is 53.1 Å². The van der Waals surface area contributed by atoms with Crippen LogP contribution in [0.3, 0.4) is 0 Å². The highest BCUT2D eigenvalue weighted by Crippen LogP contribution is 2.29. The molecule has 128 valence electrons. The number of imidazole rings is 1. The van der Waals surface area contributed by atoms with Crippen LogP contribution in [0, 0.1) is 11.3 Å². The second-order valence-electron chi connectivity index (χ2n) is 6.18. The second-order valence-corrected chi connectivity index (χ2v) is 7.10. The molecule has 0 spiro atoms. The molecule has 0 amide bonds. The molecule has 4 rings (SSSR count). The fourth-order valence-corrected chi connectivity index (χ4v) is 3.51. The number of fused-ring (bicyclic) bond motifs is 3. The first-order chi connectivity index (χ1) is 12.7. The first kappa shape index (κ1) is 16.6. The lowest BCUT2D eigenvalue weighted by molar-refractivity contribution is 0.915. The second kappa shape index (κ2) is 6.81. The zero-order valence-corrected chi connectivity index (χ0v) is 15.9. The van der Waals surface area contributed by atoms with Gasteiger partial charge < -0.3 is 5.32 Å². The Balaban J connectivity index is 2.00. The molecule has 0 radical (unpaired) electrons. The normalized spacial score (nSPS) is 11.0. The molecule has 0 aliphatic rings. The van der Waals surface area contributed by atoms with Crippen molar-refractivity contribution in [1.29, 1.82) is 5.26 Å². The van der Waals surface area contributed by atoms with E-state index in [2.05, 4.69) is 40.3 Å². The van der Waals surface area contributed by atoms with Gasteiger partial charge in [-0.25, -0.2) is 4.98 Å². The molecule has 2 aromatic heterocycles. The minimum Gasteiger partial charge on any atom is -0.341 e. The average molecular weight is 405 g/mol. The Kier molecular flexibility index (Phi) is 4.36. The Labute approximate surface area is 160 Å². The maximum atomic E-state index is 9.75. The summed E-state index contributed by atoms with van der Waals surface area (Å²) >= 11 is 3.47. The number of benzene rings is 2. The van der Waals surface area contributed by atoms with Crippen LogP contribution in [-0.4, -0.2) is 9.38 Å². The summed E-state index contributed by atoms with van der Waals surface area (Å²) in [5.41, 5.74) is 5.25. The van der Waals surface area contributed by atoms with Crippen LogP contribution in [0.25, 0.3) is 16.7 Å². The Morgan fingerprint density at radius 2 is 1.92 bits per heavy atom. The van der Waals surface area contributed by atoms with Crippen molar-refractivity contribution < 1.29 is 0 Å². The van der Waals surface area contributed by atoms with Crippen LogP contribution in [0.1, 0.15) is 24.5 Å². The summed E-state index contributed by atoms with van der Waals surface area (Å²) < 4.78 is 3.07. The van der Waals surface area contributed by atoms with Gasteiger partial charge in [0.25, 0.3) is 0 Å². The van der Waals surface area contributed by atoms with Crippen LogP contribution in [0.15, 0.2) is 59.1 Å². The fraction of sp³-hybridized carbons (Fsp3) is 0.143. The van der Waals surface area contributed by atoms with Crippen LogP contribution < -0.4 is 5.32 Å². The molecule has 0 unspecified atom stereocenters. The van der Waals surface area contributed by atoms with Gasteiger partial charge in [0.05, 0.1) is 16.6 Å². The lowest BCUT2D eigenvalue weighted by Crippen LogP contribution is -2.03. The number of nitriles is 1. The van der Waals surface area contributed by atoms with Crippen LogP contribution >= 0.6 is 15.9 Å². The van der Waals surface area contributed by atoms with Crippen LogP contribution in [0.4, 0.5) is 11.5 Å². The van der Waals surface area contributed by atoms with Crippen molar-refractivity contribution in [2.24, 2.45) is 0 Å². The molecule has 0 saturated carbocycles. The highest BCUT2D eigenvalue weighted by Gasteiger charge is 2.16. The number of para-hydroxylation sites is 2. The number of nitrogens with zero attached hydrogens (tertiary/aromatic N) is 3. The largest absolute Gasteiger partial charge is 0.341 e. The van der Waals surface area contributed by atoms with Crippen molar-refractivity contribution in [2.45, 2.75) is 19.8 Å². The predicted molar refractivity (Wildman–Crippen MR) is 109 cm³/mol. The maximum absolute atomic E-state index is 9.75. The van der Waals surface area contributed by atoms with Gasteiger partial charge in [0.2, 0.25) is 0 Å². The van der Waals surface area contributed by atoms with Crippen molar-refractivity contribution in [3.05, 3.63) is 70.2 Å². The highest BCUT2D eigenvalue weighted by molar-refractivity contribution is 9.10. The molecule has 5 heteroatoms. The summed E-state index contributed by atoms with van der Waals surface area (Å²) in [6.45, 7) is 2.12. The third kappa shape index (κ3) is 2.83. The van der Waals surface area contributed by atoms with E-state index in [1.807, 2.05) is 52.9 Å². The minimum atomic E-state index is 0.657. The zero-order chi connectivity index (χ0) is 18.1. The predicted octanol–water partition coefficient (Wildman–Crippen LogP) is 5.82. The van der Waals surface area contributed by atoms with Gasteiger partial charge in [-0.15, -0.1) is 0 Å². The molecular weight excluding hydrogens is 388 g/mol. The number of anilines is 2. The van der Waals surface area contributed by atoms with E-state index in [9.17, 15) is 5.26 Å². The number of aryl methyl sites for hydroxylation is 1. The third-order valence-corrected chi connectivity index (χ3v) is 4.93. The number of halogens is 1. The van der Waals surface area contributed by atoms with Crippen LogP contribution in [0.5, 0.6) is 0 Å². The molecular formula is C21H17BrN4. The molecule has 26 heavy (non-hydrogen) atoms. The number of pyridine rings is 1. The van der Waals surface area contributed by atoms with E-state index in [0.29, 0.717) is 11.2 Å². The van der Waals surface area contributed by atoms with Gasteiger partial charge >= 0.3 is 0 Å². The molecule has 0 bridgehead atoms. The van der Waals surface area contributed by atoms with Crippen LogP contribution in [0.2, 0.25) is 0 Å². The number of nitrogens with one attached hydrogen (secondary N) is 1.